The molecule has 0 fully saturated rings. The number of para-hydroxylation sites is 1. The number of carbonyl (C=O) groups excluding carboxylic acids is 1. The van der Waals surface area contributed by atoms with E-state index in [1.807, 2.05) is 60.0 Å². The van der Waals surface area contributed by atoms with Crippen molar-refractivity contribution in [3.05, 3.63) is 65.5 Å². The Kier molecular flexibility index (Phi) is 4.41. The molecule has 0 unspecified atom stereocenters. The Labute approximate surface area is 154 Å². The van der Waals surface area contributed by atoms with Crippen LogP contribution in [0.15, 0.2) is 64.4 Å². The Morgan fingerprint density at radius 3 is 2.92 bits per heavy atom. The summed E-state index contributed by atoms with van der Waals surface area (Å²) in [6.45, 7) is 0. The maximum Gasteiger partial charge on any atom is 0.230 e. The number of nitrogens with one attached hydrogen (secondary N) is 1. The lowest BCUT2D eigenvalue weighted by Gasteiger charge is -2.04. The molecular weight excluding hydrogens is 348 g/mol. The predicted octanol–water partition coefficient (Wildman–Crippen LogP) is 4.75. The zero-order valence-corrected chi connectivity index (χ0v) is 14.9. The second-order valence-corrected chi connectivity index (χ2v) is 6.62. The van der Waals surface area contributed by atoms with Crippen LogP contribution in [0.5, 0.6) is 5.75 Å². The lowest BCUT2D eigenvalue weighted by atomic mass is 10.1. The molecule has 0 aliphatic carbocycles. The van der Waals surface area contributed by atoms with Gasteiger partial charge in [0, 0.05) is 10.8 Å². The zero-order valence-electron chi connectivity index (χ0n) is 14.1. The Hall–Kier alpha value is -3.12. The van der Waals surface area contributed by atoms with Crippen molar-refractivity contribution in [1.29, 1.82) is 0 Å². The molecule has 1 amide bonds. The highest BCUT2D eigenvalue weighted by atomic mass is 32.1. The lowest BCUT2D eigenvalue weighted by Crippen LogP contribution is -2.14. The minimum Gasteiger partial charge on any atom is -0.497 e. The molecule has 0 aliphatic heterocycles. The van der Waals surface area contributed by atoms with Gasteiger partial charge in [0.15, 0.2) is 10.9 Å². The van der Waals surface area contributed by atoms with Crippen molar-refractivity contribution in [3.8, 4) is 17.2 Å². The van der Waals surface area contributed by atoms with Crippen molar-refractivity contribution in [3.63, 3.8) is 0 Å². The number of hydrogen-bond acceptors (Lipinski definition) is 5. The molecular formula is C20H16N2O3S. The third-order valence-corrected chi connectivity index (χ3v) is 4.69. The summed E-state index contributed by atoms with van der Waals surface area (Å²) in [5, 5.41) is 6.29. The first-order valence-corrected chi connectivity index (χ1v) is 8.96. The molecule has 130 valence electrons. The zero-order chi connectivity index (χ0) is 17.9. The molecule has 0 atom stereocenters. The van der Waals surface area contributed by atoms with Crippen molar-refractivity contribution in [2.45, 2.75) is 6.42 Å². The molecule has 0 saturated carbocycles. The number of hydrogen-bond donors (Lipinski definition) is 1. The van der Waals surface area contributed by atoms with Crippen LogP contribution in [0.25, 0.3) is 22.4 Å². The Morgan fingerprint density at radius 2 is 2.08 bits per heavy atom. The fourth-order valence-electron chi connectivity index (χ4n) is 2.68. The molecule has 6 heteroatoms. The lowest BCUT2D eigenvalue weighted by molar-refractivity contribution is -0.115. The summed E-state index contributed by atoms with van der Waals surface area (Å²) in [4.78, 5) is 16.7. The average molecular weight is 364 g/mol. The minimum atomic E-state index is -0.122. The van der Waals surface area contributed by atoms with E-state index in [4.69, 9.17) is 9.15 Å². The van der Waals surface area contributed by atoms with Crippen LogP contribution in [0.4, 0.5) is 5.13 Å². The van der Waals surface area contributed by atoms with Crippen LogP contribution in [0.2, 0.25) is 0 Å². The van der Waals surface area contributed by atoms with Crippen LogP contribution in [0.1, 0.15) is 5.56 Å². The molecule has 0 aliphatic rings. The van der Waals surface area contributed by atoms with Crippen LogP contribution in [0.3, 0.4) is 0 Å². The SMILES string of the molecule is COc1cccc(CC(=O)Nc2nc(-c3cc4ccccc4o3)cs2)c1. The van der Waals surface area contributed by atoms with Crippen molar-refractivity contribution >= 4 is 33.3 Å². The fourth-order valence-corrected chi connectivity index (χ4v) is 3.40. The summed E-state index contributed by atoms with van der Waals surface area (Å²) in [5.41, 5.74) is 2.41. The van der Waals surface area contributed by atoms with Gasteiger partial charge in [-0.1, -0.05) is 30.3 Å². The maximum atomic E-state index is 12.3. The van der Waals surface area contributed by atoms with Gasteiger partial charge in [0.25, 0.3) is 0 Å². The normalized spacial score (nSPS) is 10.8. The minimum absolute atomic E-state index is 0.122. The van der Waals surface area contributed by atoms with Crippen molar-refractivity contribution in [2.24, 2.45) is 0 Å². The van der Waals surface area contributed by atoms with E-state index in [9.17, 15) is 4.79 Å². The number of aromatic nitrogens is 1. The van der Waals surface area contributed by atoms with Gasteiger partial charge >= 0.3 is 0 Å². The first-order chi connectivity index (χ1) is 12.7. The summed E-state index contributed by atoms with van der Waals surface area (Å²) in [5.74, 6) is 1.30. The van der Waals surface area contributed by atoms with Crippen LogP contribution in [0, 0.1) is 0 Å². The molecule has 0 spiro atoms. The van der Waals surface area contributed by atoms with Crippen molar-refractivity contribution in [2.75, 3.05) is 12.4 Å². The van der Waals surface area contributed by atoms with Gasteiger partial charge in [-0.25, -0.2) is 4.98 Å². The smallest absolute Gasteiger partial charge is 0.230 e. The second-order valence-electron chi connectivity index (χ2n) is 5.76. The van der Waals surface area contributed by atoms with Crippen molar-refractivity contribution in [1.82, 2.24) is 4.98 Å². The van der Waals surface area contributed by atoms with Crippen LogP contribution in [-0.2, 0) is 11.2 Å². The molecule has 2 heterocycles. The molecule has 1 N–H and O–H groups in total. The largest absolute Gasteiger partial charge is 0.497 e. The highest BCUT2D eigenvalue weighted by Crippen LogP contribution is 2.30. The first-order valence-electron chi connectivity index (χ1n) is 8.08. The van der Waals surface area contributed by atoms with Crippen LogP contribution in [-0.4, -0.2) is 18.0 Å². The fraction of sp³-hybridized carbons (Fsp3) is 0.100. The monoisotopic (exact) mass is 364 g/mol. The molecule has 0 radical (unpaired) electrons. The van der Waals surface area contributed by atoms with E-state index in [2.05, 4.69) is 10.3 Å². The van der Waals surface area contributed by atoms with Crippen molar-refractivity contribution < 1.29 is 13.9 Å². The van der Waals surface area contributed by atoms with Gasteiger partial charge in [-0.3, -0.25) is 4.79 Å². The molecule has 0 saturated heterocycles. The van der Waals surface area contributed by atoms with Gasteiger partial charge in [0.2, 0.25) is 5.91 Å². The number of methoxy groups -OCH3 is 1. The van der Waals surface area contributed by atoms with Gasteiger partial charge in [-0.2, -0.15) is 0 Å². The number of nitrogens with zero attached hydrogens (tertiary/aromatic N) is 1. The van der Waals surface area contributed by atoms with Gasteiger partial charge in [-0.15, -0.1) is 11.3 Å². The highest BCUT2D eigenvalue weighted by molar-refractivity contribution is 7.14. The Morgan fingerprint density at radius 1 is 1.19 bits per heavy atom. The molecule has 4 rings (SSSR count). The molecule has 0 bridgehead atoms. The van der Waals surface area contributed by atoms with Gasteiger partial charge in [0.05, 0.1) is 13.5 Å². The predicted molar refractivity (Wildman–Crippen MR) is 103 cm³/mol. The number of anilines is 1. The van der Waals surface area contributed by atoms with E-state index < -0.39 is 0 Å². The van der Waals surface area contributed by atoms with Crippen LogP contribution < -0.4 is 10.1 Å². The number of ether oxygens (including phenoxy) is 1. The number of fused-ring (bicyclic) bond motifs is 1. The standard InChI is InChI=1S/C20H16N2O3S/c1-24-15-7-4-5-13(9-15)10-19(23)22-20-21-16(12-26-20)18-11-14-6-2-3-8-17(14)25-18/h2-9,11-12H,10H2,1H3,(H,21,22,23). The number of amides is 1. The summed E-state index contributed by atoms with van der Waals surface area (Å²) < 4.78 is 11.0. The van der Waals surface area contributed by atoms with E-state index in [-0.39, 0.29) is 12.3 Å². The summed E-state index contributed by atoms with van der Waals surface area (Å²) in [6, 6.07) is 17.2. The van der Waals surface area contributed by atoms with Crippen LogP contribution >= 0.6 is 11.3 Å². The van der Waals surface area contributed by atoms with E-state index >= 15 is 0 Å². The summed E-state index contributed by atoms with van der Waals surface area (Å²) in [7, 11) is 1.61. The topological polar surface area (TPSA) is 64.4 Å². The quantitative estimate of drug-likeness (QED) is 0.555. The van der Waals surface area contributed by atoms with Gasteiger partial charge in [0.1, 0.15) is 17.0 Å². The Balaban J connectivity index is 1.46. The number of thiazole rings is 1. The second kappa shape index (κ2) is 7.01. The Bertz CT molecular complexity index is 1030. The first kappa shape index (κ1) is 16.4. The molecule has 4 aromatic rings. The molecule has 5 nitrogen and oxygen atoms in total. The van der Waals surface area contributed by atoms with E-state index in [1.165, 1.54) is 11.3 Å². The summed E-state index contributed by atoms with van der Waals surface area (Å²) >= 11 is 1.37. The highest BCUT2D eigenvalue weighted by Gasteiger charge is 2.12. The molecule has 2 aromatic carbocycles. The molecule has 26 heavy (non-hydrogen) atoms. The van der Waals surface area contributed by atoms with E-state index in [0.717, 1.165) is 22.3 Å². The maximum absolute atomic E-state index is 12.3. The van der Waals surface area contributed by atoms with Gasteiger partial charge < -0.3 is 14.5 Å². The number of carbonyl (C=O) groups is 1. The van der Waals surface area contributed by atoms with E-state index in [0.29, 0.717) is 16.6 Å². The summed E-state index contributed by atoms with van der Waals surface area (Å²) in [6.07, 6.45) is 0.261. The average Bonchev–Trinajstić information content (AvgIpc) is 3.28. The number of benzene rings is 2. The number of rotatable bonds is 5. The molecule has 2 aromatic heterocycles. The third-order valence-electron chi connectivity index (χ3n) is 3.93. The van der Waals surface area contributed by atoms with E-state index in [1.54, 1.807) is 7.11 Å². The number of furan rings is 1. The third kappa shape index (κ3) is 3.45. The van der Waals surface area contributed by atoms with Gasteiger partial charge in [-0.05, 0) is 29.8 Å².